The Morgan fingerprint density at radius 3 is 3.11 bits per heavy atom. The second kappa shape index (κ2) is 5.03. The van der Waals surface area contributed by atoms with E-state index in [9.17, 15) is 9.59 Å². The van der Waals surface area contributed by atoms with Gasteiger partial charge in [0.15, 0.2) is 0 Å². The molecule has 0 aliphatic carbocycles. The van der Waals surface area contributed by atoms with Gasteiger partial charge in [-0.3, -0.25) is 14.6 Å². The topological polar surface area (TPSA) is 74.3 Å². The molecule has 1 aromatic rings. The lowest BCUT2D eigenvalue weighted by Gasteiger charge is -2.33. The molecule has 1 unspecified atom stereocenters. The SMILES string of the molecule is CNc1ccncc1C(=O)N1CCNC(=O)C1C. The van der Waals surface area contributed by atoms with Gasteiger partial charge in [0, 0.05) is 38.2 Å². The molecule has 0 aromatic carbocycles. The van der Waals surface area contributed by atoms with Crippen LogP contribution in [-0.2, 0) is 4.79 Å². The number of piperazine rings is 1. The number of carbonyl (C=O) groups excluding carboxylic acids is 2. The van der Waals surface area contributed by atoms with Crippen LogP contribution in [0, 0.1) is 0 Å². The average Bonchev–Trinajstić information content (AvgIpc) is 2.41. The van der Waals surface area contributed by atoms with Crippen molar-refractivity contribution in [1.29, 1.82) is 0 Å². The number of pyridine rings is 1. The highest BCUT2D eigenvalue weighted by atomic mass is 16.2. The van der Waals surface area contributed by atoms with Crippen molar-refractivity contribution >= 4 is 17.5 Å². The molecule has 0 radical (unpaired) electrons. The van der Waals surface area contributed by atoms with Crippen LogP contribution in [0.2, 0.25) is 0 Å². The molecule has 0 spiro atoms. The summed E-state index contributed by atoms with van der Waals surface area (Å²) in [5.41, 5.74) is 1.20. The van der Waals surface area contributed by atoms with Gasteiger partial charge in [-0.25, -0.2) is 0 Å². The number of hydrogen-bond donors (Lipinski definition) is 2. The van der Waals surface area contributed by atoms with Crippen molar-refractivity contribution in [3.8, 4) is 0 Å². The molecule has 1 aliphatic heterocycles. The third-order valence-electron chi connectivity index (χ3n) is 3.08. The van der Waals surface area contributed by atoms with Crippen molar-refractivity contribution in [2.45, 2.75) is 13.0 Å². The summed E-state index contributed by atoms with van der Waals surface area (Å²) in [5.74, 6) is -0.292. The van der Waals surface area contributed by atoms with Crippen molar-refractivity contribution in [2.24, 2.45) is 0 Å². The first kappa shape index (κ1) is 12.3. The van der Waals surface area contributed by atoms with E-state index in [0.717, 1.165) is 0 Å². The molecule has 1 saturated heterocycles. The van der Waals surface area contributed by atoms with E-state index in [1.54, 1.807) is 31.1 Å². The predicted molar refractivity (Wildman–Crippen MR) is 67.3 cm³/mol. The van der Waals surface area contributed by atoms with Gasteiger partial charge in [-0.05, 0) is 13.0 Å². The Bertz CT molecular complexity index is 475. The molecular weight excluding hydrogens is 232 g/mol. The number of nitrogens with one attached hydrogen (secondary N) is 2. The Hall–Kier alpha value is -2.11. The van der Waals surface area contributed by atoms with Gasteiger partial charge in [0.05, 0.1) is 5.56 Å². The van der Waals surface area contributed by atoms with Crippen LogP contribution in [0.25, 0.3) is 0 Å². The molecule has 96 valence electrons. The van der Waals surface area contributed by atoms with Crippen molar-refractivity contribution in [1.82, 2.24) is 15.2 Å². The largest absolute Gasteiger partial charge is 0.387 e. The Labute approximate surface area is 105 Å². The predicted octanol–water partition coefficient (Wildman–Crippen LogP) is 0.0838. The Morgan fingerprint density at radius 2 is 2.39 bits per heavy atom. The smallest absolute Gasteiger partial charge is 0.258 e. The van der Waals surface area contributed by atoms with Crippen molar-refractivity contribution in [3.63, 3.8) is 0 Å². The first-order chi connectivity index (χ1) is 8.65. The molecule has 1 atom stereocenters. The highest BCUT2D eigenvalue weighted by Crippen LogP contribution is 2.17. The van der Waals surface area contributed by atoms with Gasteiger partial charge < -0.3 is 15.5 Å². The number of nitrogens with zero attached hydrogens (tertiary/aromatic N) is 2. The quantitative estimate of drug-likeness (QED) is 0.777. The van der Waals surface area contributed by atoms with Crippen molar-refractivity contribution in [2.75, 3.05) is 25.5 Å². The van der Waals surface area contributed by atoms with Crippen LogP contribution in [0.1, 0.15) is 17.3 Å². The summed E-state index contributed by atoms with van der Waals surface area (Å²) < 4.78 is 0. The maximum absolute atomic E-state index is 12.4. The minimum Gasteiger partial charge on any atom is -0.387 e. The molecule has 0 saturated carbocycles. The molecule has 2 amide bonds. The van der Waals surface area contributed by atoms with Gasteiger partial charge in [0.25, 0.3) is 5.91 Å². The molecule has 2 heterocycles. The molecule has 1 fully saturated rings. The second-order valence-corrected chi connectivity index (χ2v) is 4.14. The maximum Gasteiger partial charge on any atom is 0.258 e. The number of hydrogen-bond acceptors (Lipinski definition) is 4. The first-order valence-electron chi connectivity index (χ1n) is 5.85. The summed E-state index contributed by atoms with van der Waals surface area (Å²) in [6, 6.07) is 1.29. The Balaban J connectivity index is 2.27. The first-order valence-corrected chi connectivity index (χ1v) is 5.85. The van der Waals surface area contributed by atoms with Crippen molar-refractivity contribution in [3.05, 3.63) is 24.0 Å². The minimum absolute atomic E-state index is 0.121. The molecule has 2 rings (SSSR count). The third kappa shape index (κ3) is 2.13. The van der Waals surface area contributed by atoms with Crippen LogP contribution >= 0.6 is 0 Å². The zero-order chi connectivity index (χ0) is 13.1. The Kier molecular flexibility index (Phi) is 3.45. The highest BCUT2D eigenvalue weighted by molar-refractivity contribution is 6.01. The van der Waals surface area contributed by atoms with E-state index in [2.05, 4.69) is 15.6 Å². The lowest BCUT2D eigenvalue weighted by molar-refractivity contribution is -0.127. The summed E-state index contributed by atoms with van der Waals surface area (Å²) in [6.45, 7) is 2.73. The van der Waals surface area contributed by atoms with Gasteiger partial charge in [0.2, 0.25) is 5.91 Å². The molecule has 1 aromatic heterocycles. The summed E-state index contributed by atoms with van der Waals surface area (Å²) in [5, 5.41) is 5.69. The highest BCUT2D eigenvalue weighted by Gasteiger charge is 2.30. The van der Waals surface area contributed by atoms with Gasteiger partial charge in [-0.1, -0.05) is 0 Å². The molecule has 0 bridgehead atoms. The van der Waals surface area contributed by atoms with Gasteiger partial charge in [-0.15, -0.1) is 0 Å². The fraction of sp³-hybridized carbons (Fsp3) is 0.417. The van der Waals surface area contributed by atoms with Gasteiger partial charge >= 0.3 is 0 Å². The van der Waals surface area contributed by atoms with E-state index < -0.39 is 6.04 Å². The fourth-order valence-electron chi connectivity index (χ4n) is 2.00. The molecule has 2 N–H and O–H groups in total. The number of anilines is 1. The standard InChI is InChI=1S/C12H16N4O2/c1-8-11(17)15-5-6-16(8)12(18)9-7-14-4-3-10(9)13-2/h3-4,7-8H,5-6H2,1-2H3,(H,13,14)(H,15,17). The zero-order valence-corrected chi connectivity index (χ0v) is 10.4. The van der Waals surface area contributed by atoms with Crippen LogP contribution in [0.15, 0.2) is 18.5 Å². The van der Waals surface area contributed by atoms with E-state index >= 15 is 0 Å². The van der Waals surface area contributed by atoms with Crippen LogP contribution in [0.5, 0.6) is 0 Å². The van der Waals surface area contributed by atoms with Crippen LogP contribution in [0.4, 0.5) is 5.69 Å². The third-order valence-corrected chi connectivity index (χ3v) is 3.08. The van der Waals surface area contributed by atoms with Crippen LogP contribution in [0.3, 0.4) is 0 Å². The van der Waals surface area contributed by atoms with Gasteiger partial charge in [-0.2, -0.15) is 0 Å². The van der Waals surface area contributed by atoms with Crippen LogP contribution < -0.4 is 10.6 Å². The van der Waals surface area contributed by atoms with E-state index in [0.29, 0.717) is 24.3 Å². The number of rotatable bonds is 2. The molecule has 1 aliphatic rings. The summed E-state index contributed by atoms with van der Waals surface area (Å²) >= 11 is 0. The second-order valence-electron chi connectivity index (χ2n) is 4.14. The van der Waals surface area contributed by atoms with E-state index in [1.807, 2.05) is 0 Å². The molecule has 18 heavy (non-hydrogen) atoms. The van der Waals surface area contributed by atoms with E-state index in [1.165, 1.54) is 6.20 Å². The number of amides is 2. The maximum atomic E-state index is 12.4. The molecule has 6 heteroatoms. The van der Waals surface area contributed by atoms with Gasteiger partial charge in [0.1, 0.15) is 6.04 Å². The minimum atomic E-state index is -0.448. The van der Waals surface area contributed by atoms with E-state index in [-0.39, 0.29) is 11.8 Å². The Morgan fingerprint density at radius 1 is 1.61 bits per heavy atom. The fourth-order valence-corrected chi connectivity index (χ4v) is 2.00. The van der Waals surface area contributed by atoms with Crippen LogP contribution in [-0.4, -0.2) is 47.9 Å². The number of aromatic nitrogens is 1. The monoisotopic (exact) mass is 248 g/mol. The van der Waals surface area contributed by atoms with Crippen molar-refractivity contribution < 1.29 is 9.59 Å². The number of carbonyl (C=O) groups is 2. The normalized spacial score (nSPS) is 19.3. The lowest BCUT2D eigenvalue weighted by Crippen LogP contribution is -2.55. The average molecular weight is 248 g/mol. The summed E-state index contributed by atoms with van der Waals surface area (Å²) in [6.07, 6.45) is 3.14. The molecular formula is C12H16N4O2. The lowest BCUT2D eigenvalue weighted by atomic mass is 10.1. The summed E-state index contributed by atoms with van der Waals surface area (Å²) in [7, 11) is 1.75. The summed E-state index contributed by atoms with van der Waals surface area (Å²) in [4.78, 5) is 29.5. The molecule has 6 nitrogen and oxygen atoms in total. The zero-order valence-electron chi connectivity index (χ0n) is 10.4. The van der Waals surface area contributed by atoms with E-state index in [4.69, 9.17) is 0 Å².